The molecule has 4 nitrogen and oxygen atoms in total. The number of ether oxygens (including phenoxy) is 1. The van der Waals surface area contributed by atoms with Crippen molar-refractivity contribution >= 4 is 28.6 Å². The van der Waals surface area contributed by atoms with E-state index in [9.17, 15) is 4.39 Å². The molecule has 24 heavy (non-hydrogen) atoms. The quantitative estimate of drug-likeness (QED) is 0.732. The van der Waals surface area contributed by atoms with Crippen LogP contribution in [0.2, 0.25) is 5.02 Å². The molecule has 0 aliphatic carbocycles. The van der Waals surface area contributed by atoms with Gasteiger partial charge in [-0.05, 0) is 31.0 Å². The molecule has 0 radical (unpaired) electrons. The molecule has 1 aromatic heterocycles. The van der Waals surface area contributed by atoms with Gasteiger partial charge in [0.1, 0.15) is 11.3 Å². The molecule has 3 aromatic rings. The van der Waals surface area contributed by atoms with Gasteiger partial charge in [0.2, 0.25) is 5.95 Å². The molecule has 1 aliphatic rings. The number of benzene rings is 2. The molecule has 0 bridgehead atoms. The van der Waals surface area contributed by atoms with Crippen LogP contribution in [0, 0.1) is 5.82 Å². The zero-order valence-electron chi connectivity index (χ0n) is 13.2. The number of rotatable bonds is 2. The second kappa shape index (κ2) is 5.98. The third-order valence-electron chi connectivity index (χ3n) is 4.42. The van der Waals surface area contributed by atoms with Crippen LogP contribution in [0.1, 0.15) is 24.4 Å². The lowest BCUT2D eigenvalue weighted by atomic mass is 10.0. The van der Waals surface area contributed by atoms with Crippen molar-refractivity contribution in [1.82, 2.24) is 9.55 Å². The van der Waals surface area contributed by atoms with E-state index >= 15 is 0 Å². The molecular weight excluding hydrogens is 329 g/mol. The van der Waals surface area contributed by atoms with Gasteiger partial charge in [-0.15, -0.1) is 0 Å². The van der Waals surface area contributed by atoms with E-state index < -0.39 is 0 Å². The Balaban J connectivity index is 1.75. The summed E-state index contributed by atoms with van der Waals surface area (Å²) in [5.74, 6) is 1.04. The van der Waals surface area contributed by atoms with Gasteiger partial charge < -0.3 is 14.6 Å². The lowest BCUT2D eigenvalue weighted by molar-refractivity contribution is 0.316. The Labute approximate surface area is 144 Å². The fraction of sp³-hybridized carbons (Fsp3) is 0.278. The predicted molar refractivity (Wildman–Crippen MR) is 93.2 cm³/mol. The minimum atomic E-state index is -0.316. The molecule has 6 heteroatoms. The molecule has 1 atom stereocenters. The van der Waals surface area contributed by atoms with Gasteiger partial charge in [-0.3, -0.25) is 0 Å². The van der Waals surface area contributed by atoms with E-state index in [1.165, 1.54) is 6.07 Å². The van der Waals surface area contributed by atoms with Gasteiger partial charge >= 0.3 is 0 Å². The van der Waals surface area contributed by atoms with Crippen LogP contribution >= 0.6 is 11.6 Å². The number of aryl methyl sites for hydroxylation is 1. The fourth-order valence-corrected chi connectivity index (χ4v) is 3.42. The van der Waals surface area contributed by atoms with Crippen molar-refractivity contribution in [2.75, 3.05) is 11.9 Å². The summed E-state index contributed by atoms with van der Waals surface area (Å²) in [7, 11) is 1.88. The van der Waals surface area contributed by atoms with Gasteiger partial charge in [0.05, 0.1) is 23.2 Å². The molecule has 0 amide bonds. The minimum Gasteiger partial charge on any atom is -0.492 e. The highest BCUT2D eigenvalue weighted by atomic mass is 35.5. The summed E-state index contributed by atoms with van der Waals surface area (Å²) in [6.45, 7) is 0.631. The number of halogens is 2. The van der Waals surface area contributed by atoms with Crippen LogP contribution in [-0.2, 0) is 7.05 Å². The van der Waals surface area contributed by atoms with E-state index in [0.717, 1.165) is 29.7 Å². The summed E-state index contributed by atoms with van der Waals surface area (Å²) < 4.78 is 21.6. The predicted octanol–water partition coefficient (Wildman–Crippen LogP) is 4.69. The Morgan fingerprint density at radius 3 is 2.96 bits per heavy atom. The fourth-order valence-electron chi connectivity index (χ4n) is 3.18. The molecule has 124 valence electrons. The normalized spacial score (nSPS) is 17.2. The van der Waals surface area contributed by atoms with E-state index in [1.807, 2.05) is 35.9 Å². The van der Waals surface area contributed by atoms with E-state index in [-0.39, 0.29) is 11.9 Å². The number of nitrogens with one attached hydrogen (secondary N) is 1. The van der Waals surface area contributed by atoms with Gasteiger partial charge in [0, 0.05) is 12.6 Å². The summed E-state index contributed by atoms with van der Waals surface area (Å²) in [6, 6.07) is 10.7. The van der Waals surface area contributed by atoms with Gasteiger partial charge in [0.25, 0.3) is 0 Å². The number of imidazole rings is 1. The van der Waals surface area contributed by atoms with E-state index in [2.05, 4.69) is 10.3 Å². The van der Waals surface area contributed by atoms with E-state index in [4.69, 9.17) is 16.3 Å². The molecule has 0 saturated heterocycles. The van der Waals surface area contributed by atoms with Gasteiger partial charge in [0.15, 0.2) is 5.82 Å². The first-order valence-corrected chi connectivity index (χ1v) is 8.31. The molecule has 0 saturated carbocycles. The van der Waals surface area contributed by atoms with Crippen molar-refractivity contribution in [3.63, 3.8) is 0 Å². The zero-order chi connectivity index (χ0) is 16.7. The Bertz CT molecular complexity index is 909. The average Bonchev–Trinajstić information content (AvgIpc) is 2.76. The van der Waals surface area contributed by atoms with Gasteiger partial charge in [-0.1, -0.05) is 29.8 Å². The third kappa shape index (κ3) is 2.49. The Morgan fingerprint density at radius 2 is 2.12 bits per heavy atom. The summed E-state index contributed by atoms with van der Waals surface area (Å²) in [5, 5.41) is 4.04. The first-order valence-electron chi connectivity index (χ1n) is 7.94. The Hall–Kier alpha value is -2.27. The van der Waals surface area contributed by atoms with Crippen LogP contribution in [0.5, 0.6) is 5.75 Å². The van der Waals surface area contributed by atoms with Crippen LogP contribution in [0.15, 0.2) is 36.4 Å². The molecule has 0 spiro atoms. The first-order chi connectivity index (χ1) is 11.6. The average molecular weight is 346 g/mol. The highest BCUT2D eigenvalue weighted by Gasteiger charge is 2.23. The molecule has 1 unspecified atom stereocenters. The number of aromatic nitrogens is 2. The Kier molecular flexibility index (Phi) is 3.81. The van der Waals surface area contributed by atoms with Crippen LogP contribution in [-0.4, -0.2) is 16.2 Å². The van der Waals surface area contributed by atoms with Crippen molar-refractivity contribution in [3.05, 3.63) is 52.8 Å². The second-order valence-corrected chi connectivity index (χ2v) is 6.35. The van der Waals surface area contributed by atoms with Crippen molar-refractivity contribution in [2.45, 2.75) is 18.9 Å². The van der Waals surface area contributed by atoms with Crippen LogP contribution in [0.3, 0.4) is 0 Å². The van der Waals surface area contributed by atoms with Crippen molar-refractivity contribution < 1.29 is 9.13 Å². The summed E-state index contributed by atoms with van der Waals surface area (Å²) in [4.78, 5) is 4.43. The van der Waals surface area contributed by atoms with Crippen LogP contribution in [0.25, 0.3) is 11.0 Å². The van der Waals surface area contributed by atoms with Crippen molar-refractivity contribution in [2.24, 2.45) is 7.05 Å². The van der Waals surface area contributed by atoms with E-state index in [0.29, 0.717) is 23.1 Å². The number of nitrogens with zero attached hydrogens (tertiary/aromatic N) is 2. The SMILES string of the molecule is Cn1c(NC2CCCOc3c(Cl)cccc32)nc2c(F)cccc21. The minimum absolute atomic E-state index is 0.0137. The van der Waals surface area contributed by atoms with Crippen LogP contribution in [0.4, 0.5) is 10.3 Å². The molecule has 4 rings (SSSR count). The van der Waals surface area contributed by atoms with Gasteiger partial charge in [-0.25, -0.2) is 9.37 Å². The summed E-state index contributed by atoms with van der Waals surface area (Å²) in [6.07, 6.45) is 1.79. The molecule has 2 aromatic carbocycles. The van der Waals surface area contributed by atoms with Gasteiger partial charge in [-0.2, -0.15) is 0 Å². The number of anilines is 1. The van der Waals surface area contributed by atoms with E-state index in [1.54, 1.807) is 6.07 Å². The lowest BCUT2D eigenvalue weighted by Gasteiger charge is -2.19. The molecule has 1 aliphatic heterocycles. The lowest BCUT2D eigenvalue weighted by Crippen LogP contribution is -2.13. The van der Waals surface area contributed by atoms with Crippen LogP contribution < -0.4 is 10.1 Å². The maximum atomic E-state index is 14.0. The summed E-state index contributed by atoms with van der Waals surface area (Å²) in [5.41, 5.74) is 2.14. The monoisotopic (exact) mass is 345 g/mol. The maximum absolute atomic E-state index is 14.0. The number of para-hydroxylation sites is 2. The maximum Gasteiger partial charge on any atom is 0.204 e. The summed E-state index contributed by atoms with van der Waals surface area (Å²) >= 11 is 6.28. The smallest absolute Gasteiger partial charge is 0.204 e. The largest absolute Gasteiger partial charge is 0.492 e. The number of fused-ring (bicyclic) bond motifs is 2. The third-order valence-corrected chi connectivity index (χ3v) is 4.72. The molecule has 0 fully saturated rings. The Morgan fingerprint density at radius 1 is 1.29 bits per heavy atom. The second-order valence-electron chi connectivity index (χ2n) is 5.95. The standard InChI is InChI=1S/C18H17ClFN3O/c1-23-15-9-3-7-13(20)16(15)22-18(23)21-14-8-4-10-24-17-11(14)5-2-6-12(17)19/h2-3,5-7,9,14H,4,8,10H2,1H3,(H,21,22). The molecular formula is C18H17ClFN3O. The topological polar surface area (TPSA) is 39.1 Å². The highest BCUT2D eigenvalue weighted by Crippen LogP contribution is 2.38. The number of hydrogen-bond acceptors (Lipinski definition) is 3. The van der Waals surface area contributed by atoms with Crippen molar-refractivity contribution in [1.29, 1.82) is 0 Å². The number of hydrogen-bond donors (Lipinski definition) is 1. The first kappa shape index (κ1) is 15.3. The molecule has 1 N–H and O–H groups in total. The molecule has 2 heterocycles. The zero-order valence-corrected chi connectivity index (χ0v) is 14.0. The highest BCUT2D eigenvalue weighted by molar-refractivity contribution is 6.32. The van der Waals surface area contributed by atoms with Crippen molar-refractivity contribution in [3.8, 4) is 5.75 Å².